The first-order valence-corrected chi connectivity index (χ1v) is 4.25. The molecule has 0 N–H and O–H groups in total. The number of rotatable bonds is 3. The first kappa shape index (κ1) is 12.1. The first-order valence-electron chi connectivity index (χ1n) is 3.00. The minimum absolute atomic E-state index is 0. The van der Waals surface area contributed by atoms with Crippen molar-refractivity contribution in [1.82, 2.24) is 0 Å². The van der Waals surface area contributed by atoms with Crippen molar-refractivity contribution in [1.29, 1.82) is 0 Å². The average molecular weight is 198 g/mol. The van der Waals surface area contributed by atoms with E-state index >= 15 is 0 Å². The third kappa shape index (κ3) is 4.21. The molecular formula is C7H8FNaO2S. The zero-order valence-electron chi connectivity index (χ0n) is 7.70. The quantitative estimate of drug-likeness (QED) is 0.569. The molecule has 0 bridgehead atoms. The molecule has 1 aromatic rings. The van der Waals surface area contributed by atoms with Crippen molar-refractivity contribution in [3.8, 4) is 5.75 Å². The van der Waals surface area contributed by atoms with Gasteiger partial charge in [0, 0.05) is 0 Å². The Morgan fingerprint density at radius 2 is 2.00 bits per heavy atom. The Morgan fingerprint density at radius 3 is 2.50 bits per heavy atom. The fraction of sp³-hybridized carbons (Fsp3) is 0.143. The second kappa shape index (κ2) is 6.60. The van der Waals surface area contributed by atoms with E-state index in [-0.39, 0.29) is 31.0 Å². The predicted octanol–water partition coefficient (Wildman–Crippen LogP) is -1.23. The summed E-state index contributed by atoms with van der Waals surface area (Å²) in [5.74, 6) is 0.420. The summed E-state index contributed by atoms with van der Waals surface area (Å²) in [6.45, 7) is 0. The van der Waals surface area contributed by atoms with Crippen LogP contribution in [0.15, 0.2) is 30.3 Å². The van der Waals surface area contributed by atoms with Gasteiger partial charge < -0.3 is 5.61 Å². The maximum Gasteiger partial charge on any atom is 1.00 e. The summed E-state index contributed by atoms with van der Waals surface area (Å²) in [5, 5.41) is 0. The normalized spacial score (nSPS) is 11.4. The molecule has 0 heterocycles. The van der Waals surface area contributed by atoms with Gasteiger partial charge in [0.1, 0.15) is 5.75 Å². The van der Waals surface area contributed by atoms with Gasteiger partial charge in [0.25, 0.3) is 0 Å². The maximum atomic E-state index is 11.6. The summed E-state index contributed by atoms with van der Waals surface area (Å²) in [5.41, 5.74) is 0. The Morgan fingerprint density at radius 1 is 1.42 bits per heavy atom. The van der Waals surface area contributed by atoms with Gasteiger partial charge in [-0.3, -0.25) is 0 Å². The van der Waals surface area contributed by atoms with Crippen molar-refractivity contribution in [2.75, 3.05) is 6.01 Å². The van der Waals surface area contributed by atoms with Crippen LogP contribution in [0.4, 0.5) is 4.39 Å². The summed E-state index contributed by atoms with van der Waals surface area (Å²) < 4.78 is 26.8. The van der Waals surface area contributed by atoms with Crippen LogP contribution in [0, 0.1) is 0 Å². The van der Waals surface area contributed by atoms with E-state index in [1.165, 1.54) is 0 Å². The molecule has 0 spiro atoms. The Bertz CT molecular complexity index is 248. The molecule has 12 heavy (non-hydrogen) atoms. The second-order valence-corrected chi connectivity index (χ2v) is 2.80. The van der Waals surface area contributed by atoms with Gasteiger partial charge in [-0.1, -0.05) is 18.2 Å². The van der Waals surface area contributed by atoms with E-state index in [0.29, 0.717) is 5.75 Å². The van der Waals surface area contributed by atoms with Crippen molar-refractivity contribution in [2.24, 2.45) is 0 Å². The molecule has 0 aromatic heterocycles. The van der Waals surface area contributed by atoms with Crippen LogP contribution in [0.2, 0.25) is 0 Å². The van der Waals surface area contributed by atoms with Crippen molar-refractivity contribution in [3.05, 3.63) is 30.3 Å². The molecule has 1 rings (SSSR count). The molecule has 2 nitrogen and oxygen atoms in total. The van der Waals surface area contributed by atoms with E-state index in [2.05, 4.69) is 4.18 Å². The zero-order valence-corrected chi connectivity index (χ0v) is 9.51. The molecule has 0 saturated heterocycles. The van der Waals surface area contributed by atoms with E-state index in [1.54, 1.807) is 30.3 Å². The molecular weight excluding hydrogens is 190 g/mol. The molecule has 5 heteroatoms. The van der Waals surface area contributed by atoms with Crippen LogP contribution in [0.5, 0.6) is 5.75 Å². The van der Waals surface area contributed by atoms with Crippen LogP contribution in [-0.4, -0.2) is 10.2 Å². The summed E-state index contributed by atoms with van der Waals surface area (Å²) in [6, 6.07) is 7.51. The van der Waals surface area contributed by atoms with Gasteiger partial charge in [-0.15, -0.1) is 0 Å². The number of hydrogen-bond donors (Lipinski definition) is 0. The molecule has 1 unspecified atom stereocenters. The van der Waals surface area contributed by atoms with Crippen LogP contribution in [0.3, 0.4) is 0 Å². The number of benzene rings is 1. The van der Waals surface area contributed by atoms with Gasteiger partial charge in [-0.05, 0) is 12.1 Å². The van der Waals surface area contributed by atoms with Crippen LogP contribution >= 0.6 is 0 Å². The van der Waals surface area contributed by atoms with Crippen LogP contribution < -0.4 is 33.7 Å². The molecule has 1 aromatic carbocycles. The number of hydrogen-bond acceptors (Lipinski definition) is 2. The van der Waals surface area contributed by atoms with Gasteiger partial charge in [0.15, 0.2) is 0 Å². The predicted molar refractivity (Wildman–Crippen MR) is 42.3 cm³/mol. The van der Waals surface area contributed by atoms with E-state index in [1.807, 2.05) is 0 Å². The van der Waals surface area contributed by atoms with Crippen molar-refractivity contribution >= 4 is 11.1 Å². The number of alkyl halides is 1. The van der Waals surface area contributed by atoms with Gasteiger partial charge in [-0.25, -0.2) is 8.60 Å². The van der Waals surface area contributed by atoms with E-state index in [9.17, 15) is 8.60 Å². The monoisotopic (exact) mass is 198 g/mol. The van der Waals surface area contributed by atoms with Crippen molar-refractivity contribution < 1.29 is 43.8 Å². The van der Waals surface area contributed by atoms with Gasteiger partial charge in [0.2, 0.25) is 17.1 Å². The summed E-state index contributed by atoms with van der Waals surface area (Å²) in [7, 11) is 0. The summed E-state index contributed by atoms with van der Waals surface area (Å²) in [6.07, 6.45) is 0. The minimum Gasteiger partial charge on any atom is -1.00 e. The summed E-state index contributed by atoms with van der Waals surface area (Å²) >= 11 is -1.84. The first-order chi connectivity index (χ1) is 5.33. The molecule has 0 aliphatic heterocycles. The molecule has 0 fully saturated rings. The fourth-order valence-corrected chi connectivity index (χ4v) is 0.976. The third-order valence-corrected chi connectivity index (χ3v) is 1.58. The average Bonchev–Trinajstić information content (AvgIpc) is 2.06. The largest absolute Gasteiger partial charge is 1.00 e. The standard InChI is InChI=1S/C7H7FO2S.Na.H/c8-6-11(9)10-7-4-2-1-3-5-7;;/h1-5H,6H2;;/q;+1;-1. The van der Waals surface area contributed by atoms with E-state index < -0.39 is 17.1 Å². The molecule has 0 aliphatic rings. The van der Waals surface area contributed by atoms with Crippen LogP contribution in [0.1, 0.15) is 1.43 Å². The van der Waals surface area contributed by atoms with Crippen molar-refractivity contribution in [3.63, 3.8) is 0 Å². The van der Waals surface area contributed by atoms with Gasteiger partial charge in [0.05, 0.1) is 0 Å². The number of para-hydroxylation sites is 1. The fourth-order valence-electron chi connectivity index (χ4n) is 0.606. The molecule has 0 saturated carbocycles. The van der Waals surface area contributed by atoms with Crippen LogP contribution in [0.25, 0.3) is 0 Å². The Labute approximate surface area is 96.6 Å². The van der Waals surface area contributed by atoms with Gasteiger partial charge in [-0.2, -0.15) is 0 Å². The van der Waals surface area contributed by atoms with E-state index in [4.69, 9.17) is 0 Å². The minimum atomic E-state index is -1.84. The number of halogens is 1. The Kier molecular flexibility index (Phi) is 6.65. The molecule has 0 amide bonds. The van der Waals surface area contributed by atoms with E-state index in [0.717, 1.165) is 0 Å². The second-order valence-electron chi connectivity index (χ2n) is 1.81. The molecule has 1 atom stereocenters. The summed E-state index contributed by atoms with van der Waals surface area (Å²) in [4.78, 5) is 0. The van der Waals surface area contributed by atoms with Gasteiger partial charge >= 0.3 is 29.6 Å². The smallest absolute Gasteiger partial charge is 1.00 e. The third-order valence-electron chi connectivity index (χ3n) is 1.02. The molecule has 0 aliphatic carbocycles. The maximum absolute atomic E-state index is 11.6. The Balaban J connectivity index is 0. The van der Waals surface area contributed by atoms with Crippen molar-refractivity contribution in [2.45, 2.75) is 0 Å². The SMILES string of the molecule is O=S(CF)Oc1ccccc1.[H-].[Na+]. The molecule has 0 radical (unpaired) electrons. The Hall–Kier alpha value is 0.100. The molecule has 62 valence electrons. The van der Waals surface area contributed by atoms with Crippen LogP contribution in [-0.2, 0) is 11.1 Å². The topological polar surface area (TPSA) is 26.3 Å². The zero-order chi connectivity index (χ0) is 8.10.